The van der Waals surface area contributed by atoms with E-state index >= 15 is 0 Å². The maximum absolute atomic E-state index is 5.27. The van der Waals surface area contributed by atoms with E-state index in [-0.39, 0.29) is 0 Å². The van der Waals surface area contributed by atoms with Gasteiger partial charge in [0.2, 0.25) is 0 Å². The first-order valence-corrected chi connectivity index (χ1v) is 16.8. The highest BCUT2D eigenvalue weighted by Gasteiger charge is 2.15. The maximum atomic E-state index is 5.27. The molecule has 6 aromatic carbocycles. The van der Waals surface area contributed by atoms with Gasteiger partial charge in [0.05, 0.1) is 39.1 Å². The molecule has 0 amide bonds. The average Bonchev–Trinajstić information content (AvgIpc) is 3.20. The van der Waals surface area contributed by atoms with Crippen molar-refractivity contribution in [1.29, 1.82) is 0 Å². The van der Waals surface area contributed by atoms with Crippen molar-refractivity contribution in [3.8, 4) is 44.9 Å². The molecule has 0 aliphatic carbocycles. The van der Waals surface area contributed by atoms with Crippen molar-refractivity contribution < 1.29 is 0 Å². The van der Waals surface area contributed by atoms with Crippen LogP contribution in [0, 0.1) is 0 Å². The van der Waals surface area contributed by atoms with Gasteiger partial charge in [-0.05, 0) is 59.0 Å². The Hall–Kier alpha value is -6.78. The fourth-order valence-electron chi connectivity index (χ4n) is 7.20. The van der Waals surface area contributed by atoms with E-state index in [1.165, 1.54) is 5.39 Å². The standard InChI is InChI=1S/C46H28N4/c1-2-8-30(9-3-1)39-25-23-38-42(48-39)26-22-37-36-13-4-5-14-41(36)50-44(43(37)38)32-17-15-29(16-18-32)34-10-6-11-35(28-34)40-24-21-33-20-19-31-12-7-27-47-45(31)46(33)49-40/h1-28H. The van der Waals surface area contributed by atoms with Crippen molar-refractivity contribution in [1.82, 2.24) is 19.9 Å². The van der Waals surface area contributed by atoms with Crippen LogP contribution in [0.4, 0.5) is 0 Å². The van der Waals surface area contributed by atoms with Crippen LogP contribution in [0.5, 0.6) is 0 Å². The summed E-state index contributed by atoms with van der Waals surface area (Å²) in [6.07, 6.45) is 1.83. The lowest BCUT2D eigenvalue weighted by Crippen LogP contribution is -1.93. The minimum atomic E-state index is 0.921. The van der Waals surface area contributed by atoms with Crippen LogP contribution in [0.15, 0.2) is 170 Å². The molecule has 0 saturated heterocycles. The van der Waals surface area contributed by atoms with Crippen LogP contribution in [0.3, 0.4) is 0 Å². The van der Waals surface area contributed by atoms with Gasteiger partial charge in [0.15, 0.2) is 0 Å². The predicted octanol–water partition coefficient (Wildman–Crippen LogP) is 11.7. The topological polar surface area (TPSA) is 51.6 Å². The molecule has 0 saturated carbocycles. The third-order valence-electron chi connectivity index (χ3n) is 9.69. The van der Waals surface area contributed by atoms with Gasteiger partial charge in [-0.2, -0.15) is 0 Å². The molecule has 4 heteroatoms. The number of fused-ring (bicyclic) bond motifs is 8. The zero-order chi connectivity index (χ0) is 33.0. The summed E-state index contributed by atoms with van der Waals surface area (Å²) in [5, 5.41) is 6.70. The summed E-state index contributed by atoms with van der Waals surface area (Å²) < 4.78 is 0. The quantitative estimate of drug-likeness (QED) is 0.180. The number of nitrogens with zero attached hydrogens (tertiary/aromatic N) is 4. The Balaban J connectivity index is 1.07. The number of hydrogen-bond donors (Lipinski definition) is 0. The molecule has 10 aromatic rings. The van der Waals surface area contributed by atoms with Crippen molar-refractivity contribution in [3.63, 3.8) is 0 Å². The second kappa shape index (κ2) is 11.4. The smallest absolute Gasteiger partial charge is 0.0972 e. The summed E-state index contributed by atoms with van der Waals surface area (Å²) in [6, 6.07) is 57.3. The Morgan fingerprint density at radius 2 is 1.02 bits per heavy atom. The van der Waals surface area contributed by atoms with Crippen molar-refractivity contribution in [2.75, 3.05) is 0 Å². The summed E-state index contributed by atoms with van der Waals surface area (Å²) in [6.45, 7) is 0. The zero-order valence-electron chi connectivity index (χ0n) is 27.0. The van der Waals surface area contributed by atoms with Crippen LogP contribution in [0.1, 0.15) is 0 Å². The molecule has 0 bridgehead atoms. The Kier molecular flexibility index (Phi) is 6.46. The molecule has 0 radical (unpaired) electrons. The van der Waals surface area contributed by atoms with Crippen LogP contribution in [-0.4, -0.2) is 19.9 Å². The van der Waals surface area contributed by atoms with Crippen molar-refractivity contribution in [2.24, 2.45) is 0 Å². The molecule has 0 spiro atoms. The van der Waals surface area contributed by atoms with E-state index in [2.05, 4.69) is 157 Å². The third-order valence-corrected chi connectivity index (χ3v) is 9.69. The molecule has 4 nitrogen and oxygen atoms in total. The maximum Gasteiger partial charge on any atom is 0.0972 e. The van der Waals surface area contributed by atoms with Crippen molar-refractivity contribution >= 4 is 54.4 Å². The Morgan fingerprint density at radius 1 is 0.340 bits per heavy atom. The minimum Gasteiger partial charge on any atom is -0.254 e. The van der Waals surface area contributed by atoms with Gasteiger partial charge >= 0.3 is 0 Å². The minimum absolute atomic E-state index is 0.921. The van der Waals surface area contributed by atoms with E-state index in [1.54, 1.807) is 0 Å². The van der Waals surface area contributed by atoms with Crippen LogP contribution in [-0.2, 0) is 0 Å². The Bertz CT molecular complexity index is 2920. The number of benzene rings is 6. The van der Waals surface area contributed by atoms with Crippen LogP contribution >= 0.6 is 0 Å². The Labute approximate surface area is 288 Å². The van der Waals surface area contributed by atoms with Crippen LogP contribution < -0.4 is 0 Å². The highest BCUT2D eigenvalue weighted by Crippen LogP contribution is 2.38. The number of aromatic nitrogens is 4. The number of rotatable bonds is 4. The SMILES string of the molecule is c1ccc(-c2ccc3c(ccc4c5ccccc5nc(-c5ccc(-c6cccc(-c7ccc8ccc9cccnc9c8n7)c6)cc5)c34)n2)cc1. The number of hydrogen-bond acceptors (Lipinski definition) is 4. The summed E-state index contributed by atoms with van der Waals surface area (Å²) in [5.41, 5.74) is 12.1. The normalized spacial score (nSPS) is 11.6. The first-order chi connectivity index (χ1) is 24.8. The van der Waals surface area contributed by atoms with Gasteiger partial charge in [0.1, 0.15) is 0 Å². The Morgan fingerprint density at radius 3 is 1.92 bits per heavy atom. The molecule has 0 fully saturated rings. The summed E-state index contributed by atoms with van der Waals surface area (Å²) in [7, 11) is 0. The monoisotopic (exact) mass is 636 g/mol. The molecule has 0 aliphatic heterocycles. The second-order valence-electron chi connectivity index (χ2n) is 12.7. The molecule has 10 rings (SSSR count). The van der Waals surface area contributed by atoms with Crippen LogP contribution in [0.2, 0.25) is 0 Å². The molecule has 0 N–H and O–H groups in total. The average molecular weight is 637 g/mol. The zero-order valence-corrected chi connectivity index (χ0v) is 27.0. The van der Waals surface area contributed by atoms with Crippen molar-refractivity contribution in [2.45, 2.75) is 0 Å². The van der Waals surface area contributed by atoms with Gasteiger partial charge in [-0.1, -0.05) is 121 Å². The van der Waals surface area contributed by atoms with Gasteiger partial charge in [-0.25, -0.2) is 15.0 Å². The highest BCUT2D eigenvalue weighted by atomic mass is 14.8. The first kappa shape index (κ1) is 28.3. The van der Waals surface area contributed by atoms with E-state index in [9.17, 15) is 0 Å². The third kappa shape index (κ3) is 4.69. The molecular weight excluding hydrogens is 609 g/mol. The lowest BCUT2D eigenvalue weighted by Gasteiger charge is -2.14. The van der Waals surface area contributed by atoms with E-state index in [0.717, 1.165) is 93.9 Å². The second-order valence-corrected chi connectivity index (χ2v) is 12.7. The van der Waals surface area contributed by atoms with E-state index < -0.39 is 0 Å². The lowest BCUT2D eigenvalue weighted by molar-refractivity contribution is 1.37. The molecule has 4 aromatic heterocycles. The van der Waals surface area contributed by atoms with Gasteiger partial charge in [-0.15, -0.1) is 0 Å². The van der Waals surface area contributed by atoms with Gasteiger partial charge < -0.3 is 0 Å². The molecule has 0 aliphatic rings. The summed E-state index contributed by atoms with van der Waals surface area (Å²) >= 11 is 0. The van der Waals surface area contributed by atoms with Gasteiger partial charge in [0.25, 0.3) is 0 Å². The van der Waals surface area contributed by atoms with Gasteiger partial charge in [0, 0.05) is 49.8 Å². The van der Waals surface area contributed by atoms with E-state index in [4.69, 9.17) is 15.0 Å². The summed E-state index contributed by atoms with van der Waals surface area (Å²) in [5.74, 6) is 0. The van der Waals surface area contributed by atoms with Crippen molar-refractivity contribution in [3.05, 3.63) is 170 Å². The molecular formula is C46H28N4. The molecule has 0 atom stereocenters. The highest BCUT2D eigenvalue weighted by molar-refractivity contribution is 6.20. The molecule has 232 valence electrons. The largest absolute Gasteiger partial charge is 0.254 e. The predicted molar refractivity (Wildman–Crippen MR) is 207 cm³/mol. The molecule has 50 heavy (non-hydrogen) atoms. The summed E-state index contributed by atoms with van der Waals surface area (Å²) in [4.78, 5) is 20.1. The van der Waals surface area contributed by atoms with Gasteiger partial charge in [-0.3, -0.25) is 4.98 Å². The number of pyridine rings is 4. The van der Waals surface area contributed by atoms with Crippen LogP contribution in [0.25, 0.3) is 99.3 Å². The molecule has 0 unspecified atom stereocenters. The lowest BCUT2D eigenvalue weighted by atomic mass is 9.95. The van der Waals surface area contributed by atoms with E-state index in [1.807, 2.05) is 18.3 Å². The number of para-hydroxylation sites is 1. The fourth-order valence-corrected chi connectivity index (χ4v) is 7.20. The fraction of sp³-hybridized carbons (Fsp3) is 0. The van der Waals surface area contributed by atoms with E-state index in [0.29, 0.717) is 0 Å². The first-order valence-electron chi connectivity index (χ1n) is 16.8. The molecule has 4 heterocycles.